The molecule has 220 valence electrons. The van der Waals surface area contributed by atoms with E-state index in [1.807, 2.05) is 67.6 Å². The number of carbonyl (C=O) groups excluding carboxylic acids is 1. The molecule has 0 fully saturated rings. The molecule has 0 aromatic heterocycles. The fourth-order valence-electron chi connectivity index (χ4n) is 4.17. The normalized spacial score (nSPS) is 11.4. The van der Waals surface area contributed by atoms with E-state index in [1.54, 1.807) is 31.1 Å². The van der Waals surface area contributed by atoms with Gasteiger partial charge in [-0.3, -0.25) is 0 Å². The number of ether oxygens (including phenoxy) is 4. The molecule has 1 unspecified atom stereocenters. The number of benzene rings is 3. The van der Waals surface area contributed by atoms with Gasteiger partial charge in [0, 0.05) is 19.6 Å². The fraction of sp³-hybridized carbons (Fsp3) is 0.375. The first-order chi connectivity index (χ1) is 19.9. The van der Waals surface area contributed by atoms with Crippen molar-refractivity contribution in [3.05, 3.63) is 83.9 Å². The molecule has 3 aromatic rings. The second kappa shape index (κ2) is 16.8. The lowest BCUT2D eigenvalue weighted by Crippen LogP contribution is -2.38. The number of carboxylic acid groups (broad SMARTS) is 1. The van der Waals surface area contributed by atoms with Gasteiger partial charge in [-0.05, 0) is 74.2 Å². The molecule has 41 heavy (non-hydrogen) atoms. The number of amides is 2. The molecule has 3 aromatic carbocycles. The summed E-state index contributed by atoms with van der Waals surface area (Å²) in [7, 11) is 1.57. The number of rotatable bonds is 17. The Morgan fingerprint density at radius 2 is 1.61 bits per heavy atom. The van der Waals surface area contributed by atoms with Crippen molar-refractivity contribution >= 4 is 17.7 Å². The summed E-state index contributed by atoms with van der Waals surface area (Å²) < 4.78 is 22.4. The van der Waals surface area contributed by atoms with E-state index in [4.69, 9.17) is 18.9 Å². The molecule has 2 amide bonds. The number of hydrogen-bond donors (Lipinski definition) is 2. The van der Waals surface area contributed by atoms with E-state index >= 15 is 0 Å². The number of para-hydroxylation sites is 1. The van der Waals surface area contributed by atoms with Crippen LogP contribution in [0.1, 0.15) is 30.9 Å². The molecule has 3 rings (SSSR count). The highest BCUT2D eigenvalue weighted by Gasteiger charge is 2.18. The number of aryl methyl sites for hydroxylation is 1. The number of unbranched alkanes of at least 4 members (excludes halogenated alkanes) is 1. The maximum atomic E-state index is 13.3. The summed E-state index contributed by atoms with van der Waals surface area (Å²) in [4.78, 5) is 26.4. The van der Waals surface area contributed by atoms with Crippen LogP contribution in [-0.2, 0) is 16.0 Å². The molecule has 0 aliphatic heterocycles. The number of aliphatic carboxylic acids is 1. The van der Waals surface area contributed by atoms with E-state index < -0.39 is 12.1 Å². The molecule has 0 bridgehead atoms. The monoisotopic (exact) mass is 564 g/mol. The highest BCUT2D eigenvalue weighted by molar-refractivity contribution is 5.91. The molecule has 0 aliphatic rings. The number of methoxy groups -OCH3 is 1. The van der Waals surface area contributed by atoms with Crippen LogP contribution in [0.3, 0.4) is 0 Å². The highest BCUT2D eigenvalue weighted by Crippen LogP contribution is 2.25. The predicted octanol–water partition coefficient (Wildman–Crippen LogP) is 5.81. The summed E-state index contributed by atoms with van der Waals surface area (Å²) in [6.45, 7) is 5.79. The second-order valence-corrected chi connectivity index (χ2v) is 9.47. The summed E-state index contributed by atoms with van der Waals surface area (Å²) >= 11 is 0. The first-order valence-electron chi connectivity index (χ1n) is 13.8. The van der Waals surface area contributed by atoms with Gasteiger partial charge in [0.2, 0.25) is 0 Å². The number of nitrogens with one attached hydrogen (secondary N) is 1. The summed E-state index contributed by atoms with van der Waals surface area (Å²) in [5.74, 6) is 1.06. The number of carboxylic acids is 1. The van der Waals surface area contributed by atoms with Gasteiger partial charge in [0.25, 0.3) is 0 Å². The van der Waals surface area contributed by atoms with E-state index in [-0.39, 0.29) is 19.1 Å². The van der Waals surface area contributed by atoms with E-state index in [2.05, 4.69) is 5.32 Å². The van der Waals surface area contributed by atoms with Crippen LogP contribution in [-0.4, -0.2) is 68.1 Å². The van der Waals surface area contributed by atoms with Gasteiger partial charge in [-0.2, -0.15) is 0 Å². The van der Waals surface area contributed by atoms with Gasteiger partial charge in [0.15, 0.2) is 6.10 Å². The third-order valence-electron chi connectivity index (χ3n) is 6.34. The molecule has 2 N–H and O–H groups in total. The number of hydrogen-bond acceptors (Lipinski definition) is 6. The maximum absolute atomic E-state index is 13.3. The predicted molar refractivity (Wildman–Crippen MR) is 158 cm³/mol. The van der Waals surface area contributed by atoms with Crippen molar-refractivity contribution in [3.8, 4) is 17.2 Å². The summed E-state index contributed by atoms with van der Waals surface area (Å²) in [5, 5.41) is 12.3. The van der Waals surface area contributed by atoms with Crippen molar-refractivity contribution in [2.45, 2.75) is 39.2 Å². The highest BCUT2D eigenvalue weighted by atomic mass is 16.5. The van der Waals surface area contributed by atoms with Crippen LogP contribution in [0, 0.1) is 6.92 Å². The lowest BCUT2D eigenvalue weighted by atomic mass is 10.1. The second-order valence-electron chi connectivity index (χ2n) is 9.47. The van der Waals surface area contributed by atoms with Crippen LogP contribution < -0.4 is 19.5 Å². The van der Waals surface area contributed by atoms with Crippen LogP contribution in [0.2, 0.25) is 0 Å². The van der Waals surface area contributed by atoms with Crippen molar-refractivity contribution in [1.82, 2.24) is 4.90 Å². The molecule has 0 aliphatic carbocycles. The molecular formula is C32H40N2O7. The van der Waals surface area contributed by atoms with Crippen LogP contribution in [0.15, 0.2) is 72.8 Å². The number of anilines is 1. The van der Waals surface area contributed by atoms with Gasteiger partial charge < -0.3 is 34.3 Å². The van der Waals surface area contributed by atoms with E-state index in [0.29, 0.717) is 43.5 Å². The Morgan fingerprint density at radius 3 is 2.29 bits per heavy atom. The third-order valence-corrected chi connectivity index (χ3v) is 6.34. The minimum Gasteiger partial charge on any atom is -0.495 e. The zero-order valence-corrected chi connectivity index (χ0v) is 24.0. The summed E-state index contributed by atoms with van der Waals surface area (Å²) in [5.41, 5.74) is 2.45. The van der Waals surface area contributed by atoms with Crippen molar-refractivity contribution in [2.75, 3.05) is 45.3 Å². The number of urea groups is 1. The van der Waals surface area contributed by atoms with E-state index in [0.717, 1.165) is 29.7 Å². The molecule has 0 spiro atoms. The first-order valence-corrected chi connectivity index (χ1v) is 13.8. The molecule has 0 saturated heterocycles. The Labute approximate surface area is 242 Å². The van der Waals surface area contributed by atoms with Gasteiger partial charge in [-0.1, -0.05) is 36.4 Å². The molecular weight excluding hydrogens is 524 g/mol. The van der Waals surface area contributed by atoms with Gasteiger partial charge in [-0.15, -0.1) is 0 Å². The largest absolute Gasteiger partial charge is 0.495 e. The molecule has 0 radical (unpaired) electrons. The molecule has 9 nitrogen and oxygen atoms in total. The minimum absolute atomic E-state index is 0.243. The maximum Gasteiger partial charge on any atom is 0.333 e. The van der Waals surface area contributed by atoms with Crippen molar-refractivity contribution in [2.24, 2.45) is 0 Å². The summed E-state index contributed by atoms with van der Waals surface area (Å²) in [6.07, 6.45) is 0.926. The third kappa shape index (κ3) is 10.7. The zero-order chi connectivity index (χ0) is 29.5. The van der Waals surface area contributed by atoms with Crippen molar-refractivity contribution in [1.29, 1.82) is 0 Å². The average Bonchev–Trinajstić information content (AvgIpc) is 2.97. The number of nitrogens with zero attached hydrogens (tertiary/aromatic N) is 1. The summed E-state index contributed by atoms with van der Waals surface area (Å²) in [6, 6.07) is 22.3. The van der Waals surface area contributed by atoms with Crippen molar-refractivity contribution in [3.63, 3.8) is 0 Å². The quantitative estimate of drug-likeness (QED) is 0.199. The minimum atomic E-state index is -0.986. The lowest BCUT2D eigenvalue weighted by molar-refractivity contribution is -0.149. The van der Waals surface area contributed by atoms with Gasteiger partial charge in [0.05, 0.1) is 25.9 Å². The molecule has 0 heterocycles. The first kappa shape index (κ1) is 31.3. The standard InChI is InChI=1S/C32H40N2O7/c1-4-39-30(31(35)36)23-25-13-15-27(16-14-25)41-21-19-34(18-8-9-20-40-26-10-6-5-7-11-26)32(37)33-28-22-24(2)12-17-29(28)38-3/h5-7,10-17,22,30H,4,8-9,18-21,23H2,1-3H3,(H,33,37)(H,35,36). The molecule has 9 heteroatoms. The SMILES string of the molecule is CCOC(Cc1ccc(OCCN(CCCCOc2ccccc2)C(=O)Nc2cc(C)ccc2OC)cc1)C(=O)O. The van der Waals surface area contributed by atoms with Crippen LogP contribution >= 0.6 is 0 Å². The van der Waals surface area contributed by atoms with Gasteiger partial charge in [-0.25, -0.2) is 9.59 Å². The Hall–Kier alpha value is -4.24. The van der Waals surface area contributed by atoms with E-state index in [9.17, 15) is 14.7 Å². The molecule has 1 atom stereocenters. The Morgan fingerprint density at radius 1 is 0.902 bits per heavy atom. The van der Waals surface area contributed by atoms with Gasteiger partial charge in [0.1, 0.15) is 23.9 Å². The zero-order valence-electron chi connectivity index (χ0n) is 24.0. The Bertz CT molecular complexity index is 1220. The van der Waals surface area contributed by atoms with Crippen LogP contribution in [0.5, 0.6) is 17.2 Å². The Kier molecular flexibility index (Phi) is 12.8. The molecule has 0 saturated carbocycles. The Balaban J connectivity index is 1.56. The van der Waals surface area contributed by atoms with Crippen LogP contribution in [0.25, 0.3) is 0 Å². The fourth-order valence-corrected chi connectivity index (χ4v) is 4.17. The lowest BCUT2D eigenvalue weighted by Gasteiger charge is -2.24. The average molecular weight is 565 g/mol. The van der Waals surface area contributed by atoms with Crippen molar-refractivity contribution < 1.29 is 33.6 Å². The van der Waals surface area contributed by atoms with Gasteiger partial charge >= 0.3 is 12.0 Å². The topological polar surface area (TPSA) is 107 Å². The smallest absolute Gasteiger partial charge is 0.333 e. The van der Waals surface area contributed by atoms with Crippen LogP contribution in [0.4, 0.5) is 10.5 Å². The van der Waals surface area contributed by atoms with E-state index in [1.165, 1.54) is 0 Å². The number of carbonyl (C=O) groups is 2.